The average molecular weight is 229 g/mol. The van der Waals surface area contributed by atoms with Gasteiger partial charge in [-0.1, -0.05) is 13.8 Å². The van der Waals surface area contributed by atoms with Crippen LogP contribution in [0.1, 0.15) is 46.0 Å². The smallest absolute Gasteiger partial charge is 0.305 e. The Hall–Kier alpha value is -0.610. The van der Waals surface area contributed by atoms with E-state index in [0.29, 0.717) is 12.0 Å². The molecule has 0 radical (unpaired) electrons. The summed E-state index contributed by atoms with van der Waals surface area (Å²) in [6.45, 7) is 5.27. The van der Waals surface area contributed by atoms with E-state index in [2.05, 4.69) is 13.8 Å². The largest absolute Gasteiger partial charge is 0.481 e. The van der Waals surface area contributed by atoms with Crippen molar-refractivity contribution in [1.29, 1.82) is 0 Å². The summed E-state index contributed by atoms with van der Waals surface area (Å²) in [4.78, 5) is 10.4. The predicted octanol–water partition coefficient (Wildman–Crippen LogP) is 1.78. The lowest BCUT2D eigenvalue weighted by atomic mass is 9.71. The normalized spacial score (nSPS) is 22.9. The Morgan fingerprint density at radius 3 is 2.31 bits per heavy atom. The molecular formula is C12H23NO3. The van der Waals surface area contributed by atoms with Gasteiger partial charge in [0.25, 0.3) is 0 Å². The highest BCUT2D eigenvalue weighted by molar-refractivity contribution is 5.66. The first-order valence-corrected chi connectivity index (χ1v) is 5.95. The van der Waals surface area contributed by atoms with E-state index in [1.54, 1.807) is 0 Å². The summed E-state index contributed by atoms with van der Waals surface area (Å²) in [7, 11) is 0. The summed E-state index contributed by atoms with van der Waals surface area (Å²) in [5.41, 5.74) is 5.87. The molecule has 0 aromatic heterocycles. The Balaban J connectivity index is 2.43. The van der Waals surface area contributed by atoms with E-state index < -0.39 is 5.97 Å². The molecular weight excluding hydrogens is 206 g/mol. The molecule has 0 spiro atoms. The minimum Gasteiger partial charge on any atom is -0.481 e. The highest BCUT2D eigenvalue weighted by atomic mass is 16.5. The number of nitrogens with two attached hydrogens (primary N) is 1. The molecule has 4 heteroatoms. The molecule has 1 rings (SSSR count). The Kier molecular flexibility index (Phi) is 4.33. The number of ether oxygens (including phenoxy) is 1. The molecule has 3 N–H and O–H groups in total. The molecule has 0 aromatic carbocycles. The molecule has 4 nitrogen and oxygen atoms in total. The van der Waals surface area contributed by atoms with Crippen LogP contribution in [0.4, 0.5) is 0 Å². The highest BCUT2D eigenvalue weighted by Gasteiger charge is 2.38. The number of carboxylic acids is 1. The lowest BCUT2D eigenvalue weighted by Crippen LogP contribution is -2.45. The quantitative estimate of drug-likeness (QED) is 0.753. The van der Waals surface area contributed by atoms with Gasteiger partial charge in [-0.15, -0.1) is 0 Å². The molecule has 0 aliphatic heterocycles. The van der Waals surface area contributed by atoms with Crippen molar-refractivity contribution < 1.29 is 14.6 Å². The number of rotatable bonds is 5. The minimum atomic E-state index is -0.816. The van der Waals surface area contributed by atoms with E-state index in [4.69, 9.17) is 15.6 Å². The summed E-state index contributed by atoms with van der Waals surface area (Å²) in [5, 5.41) is 8.57. The second-order valence-electron chi connectivity index (χ2n) is 5.54. The van der Waals surface area contributed by atoms with Gasteiger partial charge in [0.15, 0.2) is 0 Å². The molecule has 1 aliphatic rings. The van der Waals surface area contributed by atoms with Crippen molar-refractivity contribution in [2.75, 3.05) is 13.2 Å². The highest BCUT2D eigenvalue weighted by Crippen LogP contribution is 2.41. The number of hydrogen-bond acceptors (Lipinski definition) is 3. The van der Waals surface area contributed by atoms with Gasteiger partial charge in [-0.3, -0.25) is 4.79 Å². The standard InChI is InChI=1S/C12H23NO3/c1-11(2)4-6-12(9-13,7-5-11)16-8-3-10(14)15/h3-9,13H2,1-2H3,(H,14,15). The Bertz CT molecular complexity index is 241. The SMILES string of the molecule is CC1(C)CCC(CN)(OCCC(=O)O)CC1. The zero-order chi connectivity index (χ0) is 12.2. The second kappa shape index (κ2) is 5.15. The maximum Gasteiger partial charge on any atom is 0.305 e. The van der Waals surface area contributed by atoms with E-state index in [-0.39, 0.29) is 18.6 Å². The van der Waals surface area contributed by atoms with Crippen LogP contribution >= 0.6 is 0 Å². The van der Waals surface area contributed by atoms with E-state index >= 15 is 0 Å². The monoisotopic (exact) mass is 229 g/mol. The van der Waals surface area contributed by atoms with Crippen LogP contribution in [0.15, 0.2) is 0 Å². The Morgan fingerprint density at radius 1 is 1.31 bits per heavy atom. The third-order valence-corrected chi connectivity index (χ3v) is 3.61. The maximum absolute atomic E-state index is 10.4. The van der Waals surface area contributed by atoms with Gasteiger partial charge in [0, 0.05) is 6.54 Å². The third kappa shape index (κ3) is 3.76. The molecule has 94 valence electrons. The first-order valence-electron chi connectivity index (χ1n) is 5.95. The van der Waals surface area contributed by atoms with E-state index in [9.17, 15) is 4.79 Å². The molecule has 0 atom stereocenters. The van der Waals surface area contributed by atoms with E-state index in [1.807, 2.05) is 0 Å². The van der Waals surface area contributed by atoms with Crippen molar-refractivity contribution in [2.24, 2.45) is 11.1 Å². The minimum absolute atomic E-state index is 0.0607. The summed E-state index contributed by atoms with van der Waals surface area (Å²) >= 11 is 0. The fourth-order valence-corrected chi connectivity index (χ4v) is 2.14. The average Bonchev–Trinajstić information content (AvgIpc) is 2.21. The summed E-state index contributed by atoms with van der Waals surface area (Å²) in [6.07, 6.45) is 4.13. The van der Waals surface area contributed by atoms with Crippen LogP contribution in [0.3, 0.4) is 0 Å². The topological polar surface area (TPSA) is 72.5 Å². The molecule has 0 unspecified atom stereocenters. The number of carboxylic acid groups (broad SMARTS) is 1. The lowest BCUT2D eigenvalue weighted by Gasteiger charge is -2.42. The van der Waals surface area contributed by atoms with E-state index in [1.165, 1.54) is 0 Å². The summed E-state index contributed by atoms with van der Waals surface area (Å²) in [5.74, 6) is -0.816. The fourth-order valence-electron chi connectivity index (χ4n) is 2.14. The van der Waals surface area contributed by atoms with Gasteiger partial charge >= 0.3 is 5.97 Å². The maximum atomic E-state index is 10.4. The van der Waals surface area contributed by atoms with Crippen LogP contribution in [0.5, 0.6) is 0 Å². The molecule has 0 amide bonds. The Labute approximate surface area is 97.2 Å². The number of hydrogen-bond donors (Lipinski definition) is 2. The zero-order valence-corrected chi connectivity index (χ0v) is 10.3. The molecule has 0 aromatic rings. The van der Waals surface area contributed by atoms with Crippen molar-refractivity contribution in [3.8, 4) is 0 Å². The first kappa shape index (κ1) is 13.5. The van der Waals surface area contributed by atoms with Gasteiger partial charge < -0.3 is 15.6 Å². The van der Waals surface area contributed by atoms with Gasteiger partial charge in [0.1, 0.15) is 0 Å². The molecule has 1 saturated carbocycles. The molecule has 0 saturated heterocycles. The van der Waals surface area contributed by atoms with Gasteiger partial charge in [-0.25, -0.2) is 0 Å². The van der Waals surface area contributed by atoms with Crippen LogP contribution in [0.25, 0.3) is 0 Å². The molecule has 16 heavy (non-hydrogen) atoms. The summed E-state index contributed by atoms with van der Waals surface area (Å²) in [6, 6.07) is 0. The zero-order valence-electron chi connectivity index (χ0n) is 10.3. The van der Waals surface area contributed by atoms with Gasteiger partial charge in [0.05, 0.1) is 18.6 Å². The third-order valence-electron chi connectivity index (χ3n) is 3.61. The first-order chi connectivity index (χ1) is 7.39. The molecule has 0 heterocycles. The Morgan fingerprint density at radius 2 is 1.88 bits per heavy atom. The van der Waals surface area contributed by atoms with Crippen LogP contribution < -0.4 is 5.73 Å². The van der Waals surface area contributed by atoms with Crippen molar-refractivity contribution in [3.63, 3.8) is 0 Å². The van der Waals surface area contributed by atoms with Crippen molar-refractivity contribution in [2.45, 2.75) is 51.6 Å². The van der Waals surface area contributed by atoms with Gasteiger partial charge in [-0.05, 0) is 31.1 Å². The molecule has 1 aliphatic carbocycles. The van der Waals surface area contributed by atoms with Crippen molar-refractivity contribution in [1.82, 2.24) is 0 Å². The summed E-state index contributed by atoms with van der Waals surface area (Å²) < 4.78 is 5.72. The van der Waals surface area contributed by atoms with Gasteiger partial charge in [0.2, 0.25) is 0 Å². The van der Waals surface area contributed by atoms with Crippen LogP contribution in [0.2, 0.25) is 0 Å². The van der Waals surface area contributed by atoms with Crippen LogP contribution in [0, 0.1) is 5.41 Å². The molecule has 0 bridgehead atoms. The lowest BCUT2D eigenvalue weighted by molar-refractivity contribution is -0.141. The number of carbonyl (C=O) groups is 1. The van der Waals surface area contributed by atoms with Crippen molar-refractivity contribution >= 4 is 5.97 Å². The fraction of sp³-hybridized carbons (Fsp3) is 0.917. The molecule has 1 fully saturated rings. The second-order valence-corrected chi connectivity index (χ2v) is 5.54. The van der Waals surface area contributed by atoms with Crippen LogP contribution in [-0.2, 0) is 9.53 Å². The van der Waals surface area contributed by atoms with Gasteiger partial charge in [-0.2, -0.15) is 0 Å². The predicted molar refractivity (Wildman–Crippen MR) is 62.2 cm³/mol. The van der Waals surface area contributed by atoms with E-state index in [0.717, 1.165) is 25.7 Å². The van der Waals surface area contributed by atoms with Crippen LogP contribution in [-0.4, -0.2) is 29.8 Å². The number of aliphatic carboxylic acids is 1. The van der Waals surface area contributed by atoms with Crippen molar-refractivity contribution in [3.05, 3.63) is 0 Å².